The lowest BCUT2D eigenvalue weighted by atomic mass is 10.0. The van der Waals surface area contributed by atoms with Gasteiger partial charge in [0.25, 0.3) is 5.69 Å². The Morgan fingerprint density at radius 1 is 0.724 bits per heavy atom. The summed E-state index contributed by atoms with van der Waals surface area (Å²) in [4.78, 5) is 10.4. The van der Waals surface area contributed by atoms with Gasteiger partial charge in [0.1, 0.15) is 6.54 Å². The second kappa shape index (κ2) is 15.4. The molecule has 0 aliphatic carbocycles. The molecule has 0 aliphatic rings. The van der Waals surface area contributed by atoms with Gasteiger partial charge in [-0.15, -0.1) is 0 Å². The molecule has 166 valence electrons. The maximum absolute atomic E-state index is 10.8. The second-order valence-corrected chi connectivity index (χ2v) is 9.34. The van der Waals surface area contributed by atoms with Crippen LogP contribution in [0.4, 0.5) is 5.69 Å². The summed E-state index contributed by atoms with van der Waals surface area (Å²) in [6.07, 6.45) is 19.5. The van der Waals surface area contributed by atoms with E-state index < -0.39 is 0 Å². The van der Waals surface area contributed by atoms with Gasteiger partial charge in [-0.25, -0.2) is 0 Å². The van der Waals surface area contributed by atoms with Crippen molar-refractivity contribution in [3.05, 3.63) is 39.9 Å². The molecule has 0 heterocycles. The molecule has 29 heavy (non-hydrogen) atoms. The summed E-state index contributed by atoms with van der Waals surface area (Å²) in [6.45, 7) is 4.37. The number of rotatable bonds is 18. The van der Waals surface area contributed by atoms with E-state index in [0.717, 1.165) is 17.6 Å². The average Bonchev–Trinajstić information content (AvgIpc) is 2.68. The molecule has 4 heteroatoms. The van der Waals surface area contributed by atoms with Crippen LogP contribution in [0.25, 0.3) is 0 Å². The molecule has 1 rings (SSSR count). The lowest BCUT2D eigenvalue weighted by Crippen LogP contribution is -2.39. The summed E-state index contributed by atoms with van der Waals surface area (Å²) < 4.78 is 0.941. The molecule has 0 bridgehead atoms. The lowest BCUT2D eigenvalue weighted by molar-refractivity contribution is -0.903. The largest absolute Gasteiger partial charge is 0.325 e. The Morgan fingerprint density at radius 2 is 1.14 bits per heavy atom. The van der Waals surface area contributed by atoms with Gasteiger partial charge in [-0.3, -0.25) is 10.1 Å². The van der Waals surface area contributed by atoms with Gasteiger partial charge in [0.2, 0.25) is 0 Å². The molecule has 1 aromatic carbocycles. The molecule has 0 saturated heterocycles. The molecule has 0 fully saturated rings. The molecule has 0 N–H and O–H groups in total. The number of quaternary nitrogens is 1. The molecule has 1 aromatic rings. The fraction of sp³-hybridized carbons (Fsp3) is 0.760. The van der Waals surface area contributed by atoms with Crippen molar-refractivity contribution in [3.8, 4) is 0 Å². The van der Waals surface area contributed by atoms with Crippen LogP contribution in [-0.4, -0.2) is 30.0 Å². The maximum atomic E-state index is 10.8. The predicted octanol–water partition coefficient (Wildman–Crippen LogP) is 7.65. The Balaban J connectivity index is 1.98. The van der Waals surface area contributed by atoms with Crippen LogP contribution in [0.2, 0.25) is 0 Å². The summed E-state index contributed by atoms with van der Waals surface area (Å²) in [5.41, 5.74) is 1.34. The van der Waals surface area contributed by atoms with Crippen molar-refractivity contribution >= 4 is 5.69 Å². The number of nitro benzene ring substituents is 1. The van der Waals surface area contributed by atoms with Gasteiger partial charge in [-0.05, 0) is 25.0 Å². The topological polar surface area (TPSA) is 43.1 Å². The molecule has 0 aliphatic heterocycles. The van der Waals surface area contributed by atoms with Gasteiger partial charge in [0.05, 0.1) is 25.6 Å². The minimum atomic E-state index is -0.335. The van der Waals surface area contributed by atoms with E-state index in [2.05, 4.69) is 21.0 Å². The third-order valence-corrected chi connectivity index (χ3v) is 5.87. The van der Waals surface area contributed by atoms with E-state index in [-0.39, 0.29) is 10.6 Å². The Kier molecular flexibility index (Phi) is 13.6. The SMILES string of the molecule is CCCCCCCCCCCCCCCC[N+](C)(C)Cc1ccc([N+](=O)[O-])cc1. The van der Waals surface area contributed by atoms with Crippen LogP contribution in [0.5, 0.6) is 0 Å². The predicted molar refractivity (Wildman–Crippen MR) is 124 cm³/mol. The molecular formula is C25H45N2O2+. The minimum Gasteiger partial charge on any atom is -0.325 e. The number of unbranched alkanes of at least 4 members (excludes halogenated alkanes) is 13. The smallest absolute Gasteiger partial charge is 0.269 e. The molecule has 0 atom stereocenters. The van der Waals surface area contributed by atoms with E-state index in [4.69, 9.17) is 0 Å². The summed E-state index contributed by atoms with van der Waals surface area (Å²) in [6, 6.07) is 7.01. The molecule has 0 radical (unpaired) electrons. The van der Waals surface area contributed by atoms with Crippen molar-refractivity contribution in [2.45, 2.75) is 103 Å². The quantitative estimate of drug-likeness (QED) is 0.109. The Labute approximate surface area is 179 Å². The highest BCUT2D eigenvalue weighted by molar-refractivity contribution is 5.32. The molecule has 0 aromatic heterocycles. The van der Waals surface area contributed by atoms with Gasteiger partial charge in [0, 0.05) is 17.7 Å². The number of nitro groups is 1. The summed E-state index contributed by atoms with van der Waals surface area (Å²) >= 11 is 0. The second-order valence-electron chi connectivity index (χ2n) is 9.34. The third-order valence-electron chi connectivity index (χ3n) is 5.87. The van der Waals surface area contributed by atoms with Crippen LogP contribution < -0.4 is 0 Å². The molecule has 0 amide bonds. The maximum Gasteiger partial charge on any atom is 0.269 e. The van der Waals surface area contributed by atoms with Crippen molar-refractivity contribution in [2.75, 3.05) is 20.6 Å². The highest BCUT2D eigenvalue weighted by atomic mass is 16.6. The van der Waals surface area contributed by atoms with Crippen molar-refractivity contribution in [1.82, 2.24) is 0 Å². The van der Waals surface area contributed by atoms with E-state index in [9.17, 15) is 10.1 Å². The van der Waals surface area contributed by atoms with Gasteiger partial charge >= 0.3 is 0 Å². The van der Waals surface area contributed by atoms with E-state index in [1.54, 1.807) is 12.1 Å². The van der Waals surface area contributed by atoms with Crippen molar-refractivity contribution in [2.24, 2.45) is 0 Å². The number of non-ortho nitro benzene ring substituents is 1. The van der Waals surface area contributed by atoms with Crippen molar-refractivity contribution < 1.29 is 9.41 Å². The molecular weight excluding hydrogens is 360 g/mol. The first-order valence-electron chi connectivity index (χ1n) is 12.0. The monoisotopic (exact) mass is 405 g/mol. The molecule has 0 saturated carbocycles. The van der Waals surface area contributed by atoms with Crippen LogP contribution in [0.1, 0.15) is 102 Å². The first-order chi connectivity index (χ1) is 13.9. The zero-order chi connectivity index (χ0) is 21.4. The van der Waals surface area contributed by atoms with Crippen LogP contribution in [0, 0.1) is 10.1 Å². The van der Waals surface area contributed by atoms with Crippen LogP contribution in [0.15, 0.2) is 24.3 Å². The van der Waals surface area contributed by atoms with Crippen LogP contribution in [0.3, 0.4) is 0 Å². The van der Waals surface area contributed by atoms with Crippen LogP contribution >= 0.6 is 0 Å². The molecule has 4 nitrogen and oxygen atoms in total. The first kappa shape index (κ1) is 25.6. The highest BCUT2D eigenvalue weighted by Crippen LogP contribution is 2.17. The normalized spacial score (nSPS) is 11.7. The van der Waals surface area contributed by atoms with Crippen molar-refractivity contribution in [1.29, 1.82) is 0 Å². The summed E-state index contributed by atoms with van der Waals surface area (Å²) in [5.74, 6) is 0. The number of benzene rings is 1. The Bertz CT molecular complexity index is 540. The Hall–Kier alpha value is -1.42. The van der Waals surface area contributed by atoms with E-state index in [1.165, 1.54) is 95.5 Å². The number of hydrogen-bond donors (Lipinski definition) is 0. The zero-order valence-corrected chi connectivity index (χ0v) is 19.3. The van der Waals surface area contributed by atoms with Crippen molar-refractivity contribution in [3.63, 3.8) is 0 Å². The van der Waals surface area contributed by atoms with Crippen LogP contribution in [-0.2, 0) is 6.54 Å². The third kappa shape index (κ3) is 13.4. The van der Waals surface area contributed by atoms with Gasteiger partial charge < -0.3 is 4.48 Å². The summed E-state index contributed by atoms with van der Waals surface area (Å²) in [7, 11) is 4.51. The first-order valence-corrected chi connectivity index (χ1v) is 12.0. The fourth-order valence-electron chi connectivity index (χ4n) is 4.03. The zero-order valence-electron chi connectivity index (χ0n) is 19.3. The van der Waals surface area contributed by atoms with Gasteiger partial charge in [-0.1, -0.05) is 84.0 Å². The average molecular weight is 406 g/mol. The molecule has 0 unspecified atom stereocenters. The standard InChI is InChI=1S/C25H45N2O2/c1-4-5-6-7-8-9-10-11-12-13-14-15-16-17-22-27(2,3)23-24-18-20-25(21-19-24)26(28)29/h18-21H,4-17,22-23H2,1-3H3/q+1. The summed E-state index contributed by atoms with van der Waals surface area (Å²) in [5, 5.41) is 10.8. The highest BCUT2D eigenvalue weighted by Gasteiger charge is 2.16. The van der Waals surface area contributed by atoms with E-state index in [1.807, 2.05) is 12.1 Å². The van der Waals surface area contributed by atoms with Gasteiger partial charge in [-0.2, -0.15) is 0 Å². The van der Waals surface area contributed by atoms with E-state index in [0.29, 0.717) is 0 Å². The fourth-order valence-corrected chi connectivity index (χ4v) is 4.03. The minimum absolute atomic E-state index is 0.172. The number of nitrogens with zero attached hydrogens (tertiary/aromatic N) is 2. The number of hydrogen-bond acceptors (Lipinski definition) is 2. The molecule has 0 spiro atoms. The van der Waals surface area contributed by atoms with E-state index >= 15 is 0 Å². The Morgan fingerprint density at radius 3 is 1.55 bits per heavy atom. The van der Waals surface area contributed by atoms with Gasteiger partial charge in [0.15, 0.2) is 0 Å². The lowest BCUT2D eigenvalue weighted by Gasteiger charge is -2.30.